The van der Waals surface area contributed by atoms with Crippen molar-refractivity contribution < 1.29 is 9.90 Å². The number of nitrogens with two attached hydrogens (primary N) is 1. The highest BCUT2D eigenvalue weighted by Gasteiger charge is 2.23. The van der Waals surface area contributed by atoms with Gasteiger partial charge in [-0.05, 0) is 30.9 Å². The number of piperazine rings is 1. The first-order valence-corrected chi connectivity index (χ1v) is 8.01. The fourth-order valence-electron chi connectivity index (χ4n) is 2.62. The molecule has 0 bridgehead atoms. The van der Waals surface area contributed by atoms with Crippen molar-refractivity contribution in [3.8, 4) is 0 Å². The maximum Gasteiger partial charge on any atom is 0.275 e. The van der Waals surface area contributed by atoms with Gasteiger partial charge in [0, 0.05) is 39.3 Å². The second-order valence-electron chi connectivity index (χ2n) is 6.11. The first-order valence-electron chi connectivity index (χ1n) is 7.13. The fraction of sp³-hybridized carbons (Fsp3) is 0.643. The lowest BCUT2D eigenvalue weighted by molar-refractivity contribution is 0.0166. The Morgan fingerprint density at radius 3 is 2.57 bits per heavy atom. The van der Waals surface area contributed by atoms with Crippen LogP contribution >= 0.6 is 11.3 Å². The molecule has 1 aliphatic rings. The van der Waals surface area contributed by atoms with Crippen LogP contribution in [0.4, 0.5) is 0 Å². The van der Waals surface area contributed by atoms with Crippen LogP contribution in [0.2, 0.25) is 0 Å². The molecular weight excluding hydrogens is 288 g/mol. The van der Waals surface area contributed by atoms with Crippen LogP contribution in [0.25, 0.3) is 0 Å². The summed E-state index contributed by atoms with van der Waals surface area (Å²) >= 11 is 1.42. The number of carbonyl (C=O) groups excluding carboxylic acids is 1. The molecular formula is C14H24N4O2S. The Hall–Kier alpha value is -0.990. The smallest absolute Gasteiger partial charge is 0.275 e. The van der Waals surface area contributed by atoms with Crippen molar-refractivity contribution in [2.75, 3.05) is 32.7 Å². The summed E-state index contributed by atoms with van der Waals surface area (Å²) in [5, 5.41) is 11.8. The molecule has 0 saturated carbocycles. The number of hydrogen-bond donors (Lipinski definition) is 3. The molecule has 4 N–H and O–H groups in total. The molecule has 0 aliphatic carbocycles. The predicted octanol–water partition coefficient (Wildman–Crippen LogP) is 0.240. The first kappa shape index (κ1) is 16.4. The van der Waals surface area contributed by atoms with Gasteiger partial charge >= 0.3 is 0 Å². The van der Waals surface area contributed by atoms with Crippen molar-refractivity contribution >= 4 is 17.2 Å². The number of aliphatic hydroxyl groups is 1. The van der Waals surface area contributed by atoms with Crippen LogP contribution in [-0.4, -0.2) is 59.1 Å². The molecule has 1 fully saturated rings. The molecule has 1 aliphatic heterocycles. The highest BCUT2D eigenvalue weighted by atomic mass is 32.1. The van der Waals surface area contributed by atoms with Gasteiger partial charge in [0.25, 0.3) is 5.91 Å². The standard InChI is InChI=1S/C14H24N4O2S/c1-14(2,20)10-18-6-4-17(5-7-18)9-11-3-8-21-12(11)13(19)16-15/h3,8,20H,4-7,9-10,15H2,1-2H3,(H,16,19). The summed E-state index contributed by atoms with van der Waals surface area (Å²) in [6, 6.07) is 1.98. The summed E-state index contributed by atoms with van der Waals surface area (Å²) in [6.45, 7) is 8.89. The lowest BCUT2D eigenvalue weighted by Gasteiger charge is -2.37. The average Bonchev–Trinajstić information content (AvgIpc) is 2.86. The number of nitrogen functional groups attached to an aromatic ring is 1. The molecule has 0 aromatic carbocycles. The number of nitrogens with zero attached hydrogens (tertiary/aromatic N) is 2. The summed E-state index contributed by atoms with van der Waals surface area (Å²) in [6.07, 6.45) is 0. The van der Waals surface area contributed by atoms with E-state index in [4.69, 9.17) is 5.84 Å². The van der Waals surface area contributed by atoms with Crippen molar-refractivity contribution in [1.29, 1.82) is 0 Å². The molecule has 7 heteroatoms. The molecule has 21 heavy (non-hydrogen) atoms. The van der Waals surface area contributed by atoms with E-state index in [1.54, 1.807) is 0 Å². The van der Waals surface area contributed by atoms with Gasteiger partial charge in [-0.25, -0.2) is 5.84 Å². The quantitative estimate of drug-likeness (QED) is 0.412. The van der Waals surface area contributed by atoms with Gasteiger partial charge in [0.05, 0.1) is 10.5 Å². The molecule has 1 amide bonds. The normalized spacial score (nSPS) is 17.9. The Labute approximate surface area is 129 Å². The van der Waals surface area contributed by atoms with Gasteiger partial charge in [-0.2, -0.15) is 0 Å². The van der Waals surface area contributed by atoms with Crippen LogP contribution in [0.15, 0.2) is 11.4 Å². The van der Waals surface area contributed by atoms with Gasteiger partial charge in [0.1, 0.15) is 0 Å². The predicted molar refractivity (Wildman–Crippen MR) is 84.0 cm³/mol. The van der Waals surface area contributed by atoms with E-state index >= 15 is 0 Å². The van der Waals surface area contributed by atoms with Crippen LogP contribution < -0.4 is 11.3 Å². The molecule has 0 atom stereocenters. The van der Waals surface area contributed by atoms with Crippen LogP contribution in [0, 0.1) is 0 Å². The van der Waals surface area contributed by atoms with Crippen molar-refractivity contribution in [1.82, 2.24) is 15.2 Å². The lowest BCUT2D eigenvalue weighted by atomic mass is 10.1. The Morgan fingerprint density at radius 1 is 1.38 bits per heavy atom. The Balaban J connectivity index is 1.87. The first-order chi connectivity index (χ1) is 9.89. The van der Waals surface area contributed by atoms with Gasteiger partial charge < -0.3 is 5.11 Å². The molecule has 2 heterocycles. The van der Waals surface area contributed by atoms with E-state index < -0.39 is 5.60 Å². The third-order valence-electron chi connectivity index (χ3n) is 3.55. The molecule has 0 unspecified atom stereocenters. The number of amides is 1. The van der Waals surface area contributed by atoms with E-state index in [0.29, 0.717) is 11.4 Å². The van der Waals surface area contributed by atoms with Crippen LogP contribution in [0.3, 0.4) is 0 Å². The van der Waals surface area contributed by atoms with E-state index in [0.717, 1.165) is 38.3 Å². The summed E-state index contributed by atoms with van der Waals surface area (Å²) in [7, 11) is 0. The second kappa shape index (κ2) is 6.85. The molecule has 0 radical (unpaired) electrons. The number of β-amino-alcohol motifs (C(OH)–C–C–N with tert-alkyl or cyclic N) is 1. The molecule has 1 aromatic rings. The number of carbonyl (C=O) groups is 1. The fourth-order valence-corrected chi connectivity index (χ4v) is 3.44. The average molecular weight is 312 g/mol. The Morgan fingerprint density at radius 2 is 2.00 bits per heavy atom. The second-order valence-corrected chi connectivity index (χ2v) is 7.03. The summed E-state index contributed by atoms with van der Waals surface area (Å²) in [5.74, 6) is 4.98. The number of hydrogen-bond acceptors (Lipinski definition) is 6. The summed E-state index contributed by atoms with van der Waals surface area (Å²) < 4.78 is 0. The zero-order chi connectivity index (χ0) is 15.5. The van der Waals surface area contributed by atoms with E-state index in [9.17, 15) is 9.90 Å². The van der Waals surface area contributed by atoms with Crippen LogP contribution in [0.5, 0.6) is 0 Å². The van der Waals surface area contributed by atoms with Crippen molar-refractivity contribution in [2.24, 2.45) is 5.84 Å². The molecule has 2 rings (SSSR count). The largest absolute Gasteiger partial charge is 0.389 e. The minimum Gasteiger partial charge on any atom is -0.389 e. The van der Waals surface area contributed by atoms with Crippen molar-refractivity contribution in [2.45, 2.75) is 26.0 Å². The van der Waals surface area contributed by atoms with E-state index in [1.807, 2.05) is 25.3 Å². The topological polar surface area (TPSA) is 81.8 Å². The zero-order valence-electron chi connectivity index (χ0n) is 12.6. The summed E-state index contributed by atoms with van der Waals surface area (Å²) in [5.41, 5.74) is 2.57. The Bertz CT molecular complexity index is 476. The molecule has 1 saturated heterocycles. The van der Waals surface area contributed by atoms with Crippen LogP contribution in [0.1, 0.15) is 29.1 Å². The van der Waals surface area contributed by atoms with Crippen LogP contribution in [-0.2, 0) is 6.54 Å². The monoisotopic (exact) mass is 312 g/mol. The van der Waals surface area contributed by atoms with E-state index in [2.05, 4.69) is 15.2 Å². The van der Waals surface area contributed by atoms with Gasteiger partial charge in [0.15, 0.2) is 0 Å². The molecule has 1 aromatic heterocycles. The molecule has 6 nitrogen and oxygen atoms in total. The maximum atomic E-state index is 11.7. The highest BCUT2D eigenvalue weighted by Crippen LogP contribution is 2.19. The SMILES string of the molecule is CC(C)(O)CN1CCN(Cc2ccsc2C(=O)NN)CC1. The van der Waals surface area contributed by atoms with Gasteiger partial charge in [0.2, 0.25) is 0 Å². The number of hydrazine groups is 1. The minimum atomic E-state index is -0.651. The minimum absolute atomic E-state index is 0.222. The van der Waals surface area contributed by atoms with Crippen molar-refractivity contribution in [3.05, 3.63) is 21.9 Å². The number of thiophene rings is 1. The molecule has 118 valence electrons. The third kappa shape index (κ3) is 4.76. The van der Waals surface area contributed by atoms with E-state index in [-0.39, 0.29) is 5.91 Å². The van der Waals surface area contributed by atoms with Gasteiger partial charge in [-0.15, -0.1) is 11.3 Å². The van der Waals surface area contributed by atoms with E-state index in [1.165, 1.54) is 11.3 Å². The van der Waals surface area contributed by atoms with Crippen molar-refractivity contribution in [3.63, 3.8) is 0 Å². The molecule has 0 spiro atoms. The maximum absolute atomic E-state index is 11.7. The Kier molecular flexibility index (Phi) is 5.34. The van der Waals surface area contributed by atoms with Gasteiger partial charge in [-0.3, -0.25) is 20.0 Å². The zero-order valence-corrected chi connectivity index (χ0v) is 13.4. The number of nitrogens with one attached hydrogen (secondary N) is 1. The number of rotatable bonds is 5. The van der Waals surface area contributed by atoms with Gasteiger partial charge in [-0.1, -0.05) is 0 Å². The highest BCUT2D eigenvalue weighted by molar-refractivity contribution is 7.12. The lowest BCUT2D eigenvalue weighted by Crippen LogP contribution is -2.50. The third-order valence-corrected chi connectivity index (χ3v) is 4.51. The summed E-state index contributed by atoms with van der Waals surface area (Å²) in [4.78, 5) is 17.0.